The van der Waals surface area contributed by atoms with Crippen LogP contribution in [0.25, 0.3) is 0 Å². The maximum atomic E-state index is 13.1. The van der Waals surface area contributed by atoms with E-state index >= 15 is 0 Å². The highest BCUT2D eigenvalue weighted by atomic mass is 32.2. The number of rotatable bonds is 5. The average molecular weight is 445 g/mol. The molecule has 2 saturated heterocycles. The van der Waals surface area contributed by atoms with Crippen molar-refractivity contribution in [3.05, 3.63) is 46.8 Å². The fourth-order valence-electron chi connectivity index (χ4n) is 4.51. The molecule has 0 bridgehead atoms. The number of aryl methyl sites for hydroxylation is 1. The number of hydrogen-bond acceptors (Lipinski definition) is 5. The van der Waals surface area contributed by atoms with Crippen LogP contribution in [-0.2, 0) is 21.2 Å². The maximum Gasteiger partial charge on any atom is 0.253 e. The fourth-order valence-corrected chi connectivity index (χ4v) is 6.20. The molecule has 3 heterocycles. The summed E-state index contributed by atoms with van der Waals surface area (Å²) in [6.07, 6.45) is 1.95. The number of sulfone groups is 1. The Balaban J connectivity index is 1.52. The Morgan fingerprint density at radius 1 is 1.29 bits per heavy atom. The summed E-state index contributed by atoms with van der Waals surface area (Å²) in [5.41, 5.74) is 3.92. The van der Waals surface area contributed by atoms with Crippen molar-refractivity contribution in [2.75, 3.05) is 30.0 Å². The van der Waals surface area contributed by atoms with E-state index in [9.17, 15) is 18.0 Å². The molecule has 0 aliphatic carbocycles. The lowest BCUT2D eigenvalue weighted by Crippen LogP contribution is -2.28. The third kappa shape index (κ3) is 4.23. The van der Waals surface area contributed by atoms with Gasteiger partial charge in [-0.3, -0.25) is 14.3 Å². The molecule has 2 aliphatic heterocycles. The zero-order valence-electron chi connectivity index (χ0n) is 18.2. The van der Waals surface area contributed by atoms with Crippen LogP contribution in [0.1, 0.15) is 52.6 Å². The Morgan fingerprint density at radius 2 is 2.06 bits per heavy atom. The van der Waals surface area contributed by atoms with Gasteiger partial charge in [0.25, 0.3) is 5.91 Å². The summed E-state index contributed by atoms with van der Waals surface area (Å²) in [5, 5.41) is 4.59. The van der Waals surface area contributed by atoms with Gasteiger partial charge in [-0.05, 0) is 44.9 Å². The standard InChI is InChI=1S/C22H28N4O4S/c1-15-20(16(2)26(23-15)19-9-11-31(29,30)14-19)13-24(3)22(28)17-6-4-7-18(12-17)25-10-5-8-21(25)27/h4,6-7,12,19H,5,8-11,13-14H2,1-3H3/t19-/m0/s1. The number of benzene rings is 1. The second-order valence-corrected chi connectivity index (χ2v) is 10.7. The zero-order chi connectivity index (χ0) is 22.3. The molecule has 2 aromatic rings. The summed E-state index contributed by atoms with van der Waals surface area (Å²) in [6.45, 7) is 4.88. The summed E-state index contributed by atoms with van der Waals surface area (Å²) in [6, 6.07) is 7.04. The van der Waals surface area contributed by atoms with Gasteiger partial charge in [-0.2, -0.15) is 5.10 Å². The van der Waals surface area contributed by atoms with Gasteiger partial charge >= 0.3 is 0 Å². The van der Waals surface area contributed by atoms with Crippen LogP contribution in [0.3, 0.4) is 0 Å². The molecule has 2 aliphatic rings. The quantitative estimate of drug-likeness (QED) is 0.705. The second-order valence-electron chi connectivity index (χ2n) is 8.51. The molecule has 2 fully saturated rings. The monoisotopic (exact) mass is 444 g/mol. The average Bonchev–Trinajstić information content (AvgIpc) is 3.40. The van der Waals surface area contributed by atoms with E-state index in [0.717, 1.165) is 29.1 Å². The van der Waals surface area contributed by atoms with Gasteiger partial charge in [0.05, 0.1) is 23.2 Å². The first-order chi connectivity index (χ1) is 14.7. The maximum absolute atomic E-state index is 13.1. The van der Waals surface area contributed by atoms with E-state index in [1.54, 1.807) is 35.0 Å². The molecular weight excluding hydrogens is 416 g/mol. The van der Waals surface area contributed by atoms with Crippen LogP contribution in [0.2, 0.25) is 0 Å². The van der Waals surface area contributed by atoms with E-state index in [2.05, 4.69) is 5.10 Å². The molecular formula is C22H28N4O4S. The Kier molecular flexibility index (Phi) is 5.63. The number of aromatic nitrogens is 2. The van der Waals surface area contributed by atoms with Crippen molar-refractivity contribution in [3.8, 4) is 0 Å². The third-order valence-corrected chi connectivity index (χ3v) is 8.00. The van der Waals surface area contributed by atoms with Gasteiger partial charge in [0.15, 0.2) is 9.84 Å². The minimum atomic E-state index is -3.00. The summed E-state index contributed by atoms with van der Waals surface area (Å²) in [4.78, 5) is 28.5. The highest BCUT2D eigenvalue weighted by Crippen LogP contribution is 2.28. The number of amides is 2. The zero-order valence-corrected chi connectivity index (χ0v) is 19.0. The summed E-state index contributed by atoms with van der Waals surface area (Å²) < 4.78 is 25.5. The van der Waals surface area contributed by atoms with Crippen molar-refractivity contribution in [3.63, 3.8) is 0 Å². The number of carbonyl (C=O) groups excluding carboxylic acids is 2. The summed E-state index contributed by atoms with van der Waals surface area (Å²) >= 11 is 0. The molecule has 0 saturated carbocycles. The van der Waals surface area contributed by atoms with Crippen molar-refractivity contribution < 1.29 is 18.0 Å². The lowest BCUT2D eigenvalue weighted by Gasteiger charge is -2.20. The largest absolute Gasteiger partial charge is 0.337 e. The van der Waals surface area contributed by atoms with Crippen LogP contribution >= 0.6 is 0 Å². The molecule has 1 aromatic heterocycles. The molecule has 0 N–H and O–H groups in total. The molecule has 9 heteroatoms. The SMILES string of the molecule is Cc1nn([C@H]2CCS(=O)(=O)C2)c(C)c1CN(C)C(=O)c1cccc(N2CCCC2=O)c1. The van der Waals surface area contributed by atoms with E-state index in [1.807, 2.05) is 24.6 Å². The van der Waals surface area contributed by atoms with Crippen molar-refractivity contribution >= 4 is 27.3 Å². The van der Waals surface area contributed by atoms with Crippen LogP contribution in [-0.4, -0.2) is 60.0 Å². The molecule has 0 spiro atoms. The van der Waals surface area contributed by atoms with Crippen molar-refractivity contribution in [1.29, 1.82) is 0 Å². The molecule has 1 aromatic carbocycles. The van der Waals surface area contributed by atoms with E-state index in [0.29, 0.717) is 31.5 Å². The van der Waals surface area contributed by atoms with Gasteiger partial charge in [0.1, 0.15) is 0 Å². The lowest BCUT2D eigenvalue weighted by atomic mass is 10.1. The highest BCUT2D eigenvalue weighted by Gasteiger charge is 2.32. The van der Waals surface area contributed by atoms with Crippen molar-refractivity contribution in [1.82, 2.24) is 14.7 Å². The fraction of sp³-hybridized carbons (Fsp3) is 0.500. The van der Waals surface area contributed by atoms with E-state index < -0.39 is 9.84 Å². The predicted molar refractivity (Wildman–Crippen MR) is 118 cm³/mol. The van der Waals surface area contributed by atoms with Crippen LogP contribution in [0.15, 0.2) is 24.3 Å². The Hall–Kier alpha value is -2.68. The van der Waals surface area contributed by atoms with Gasteiger partial charge in [0.2, 0.25) is 5.91 Å². The molecule has 2 amide bonds. The first-order valence-electron chi connectivity index (χ1n) is 10.6. The summed E-state index contributed by atoms with van der Waals surface area (Å²) in [5.74, 6) is 0.263. The van der Waals surface area contributed by atoms with Gasteiger partial charge in [-0.25, -0.2) is 8.42 Å². The minimum Gasteiger partial charge on any atom is -0.337 e. The number of anilines is 1. The second kappa shape index (κ2) is 8.11. The minimum absolute atomic E-state index is 0.0885. The number of hydrogen-bond donors (Lipinski definition) is 0. The molecule has 4 rings (SSSR count). The van der Waals surface area contributed by atoms with E-state index in [1.165, 1.54) is 0 Å². The van der Waals surface area contributed by atoms with Gasteiger partial charge < -0.3 is 9.80 Å². The van der Waals surface area contributed by atoms with Crippen LogP contribution in [0.5, 0.6) is 0 Å². The molecule has 1 atom stereocenters. The molecule has 166 valence electrons. The normalized spacial score (nSPS) is 20.4. The van der Waals surface area contributed by atoms with Crippen molar-refractivity contribution in [2.45, 2.75) is 45.7 Å². The summed E-state index contributed by atoms with van der Waals surface area (Å²) in [7, 11) is -1.26. The lowest BCUT2D eigenvalue weighted by molar-refractivity contribution is -0.117. The van der Waals surface area contributed by atoms with Crippen LogP contribution in [0, 0.1) is 13.8 Å². The molecule has 8 nitrogen and oxygen atoms in total. The molecule has 0 unspecified atom stereocenters. The van der Waals surface area contributed by atoms with Gasteiger partial charge in [-0.1, -0.05) is 6.07 Å². The first kappa shape index (κ1) is 21.5. The molecule has 31 heavy (non-hydrogen) atoms. The van der Waals surface area contributed by atoms with Gasteiger partial charge in [0, 0.05) is 49.1 Å². The van der Waals surface area contributed by atoms with Crippen LogP contribution in [0.4, 0.5) is 5.69 Å². The molecule has 0 radical (unpaired) electrons. The van der Waals surface area contributed by atoms with Crippen LogP contribution < -0.4 is 4.90 Å². The number of nitrogens with zero attached hydrogens (tertiary/aromatic N) is 4. The first-order valence-corrected chi connectivity index (χ1v) is 12.4. The Labute approximate surface area is 182 Å². The number of carbonyl (C=O) groups is 2. The Morgan fingerprint density at radius 3 is 2.71 bits per heavy atom. The van der Waals surface area contributed by atoms with E-state index in [4.69, 9.17) is 0 Å². The Bertz CT molecular complexity index is 1140. The van der Waals surface area contributed by atoms with E-state index in [-0.39, 0.29) is 29.4 Å². The predicted octanol–water partition coefficient (Wildman–Crippen LogP) is 2.26. The highest BCUT2D eigenvalue weighted by molar-refractivity contribution is 7.91. The third-order valence-electron chi connectivity index (χ3n) is 6.25. The van der Waals surface area contributed by atoms with Crippen molar-refractivity contribution in [2.24, 2.45) is 0 Å². The smallest absolute Gasteiger partial charge is 0.253 e. The van der Waals surface area contributed by atoms with Gasteiger partial charge in [-0.15, -0.1) is 0 Å². The topological polar surface area (TPSA) is 92.6 Å².